The van der Waals surface area contributed by atoms with Crippen molar-refractivity contribution in [1.82, 2.24) is 5.32 Å². The molecule has 0 radical (unpaired) electrons. The summed E-state index contributed by atoms with van der Waals surface area (Å²) in [4.78, 5) is 0. The third-order valence-electron chi connectivity index (χ3n) is 2.88. The van der Waals surface area contributed by atoms with E-state index in [0.717, 1.165) is 42.7 Å². The molecule has 1 aromatic carbocycles. The summed E-state index contributed by atoms with van der Waals surface area (Å²) in [5.41, 5.74) is 0.810. The minimum atomic E-state index is 0.691. The molecule has 2 aromatic rings. The van der Waals surface area contributed by atoms with Crippen molar-refractivity contribution in [3.63, 3.8) is 0 Å². The molecule has 0 aliphatic carbocycles. The van der Waals surface area contributed by atoms with Gasteiger partial charge in [0.2, 0.25) is 0 Å². The fraction of sp³-hybridized carbons (Fsp3) is 0.467. The van der Waals surface area contributed by atoms with Crippen LogP contribution in [0.2, 0.25) is 5.02 Å². The average molecular weight is 266 g/mol. The molecule has 0 aliphatic rings. The second-order valence-electron chi connectivity index (χ2n) is 5.07. The van der Waals surface area contributed by atoms with Crippen molar-refractivity contribution >= 4 is 22.6 Å². The summed E-state index contributed by atoms with van der Waals surface area (Å²) in [5, 5.41) is 5.21. The Morgan fingerprint density at radius 2 is 2.17 bits per heavy atom. The van der Waals surface area contributed by atoms with Crippen molar-refractivity contribution in [1.29, 1.82) is 0 Å². The van der Waals surface area contributed by atoms with E-state index < -0.39 is 0 Å². The molecule has 0 spiro atoms. The Hall–Kier alpha value is -0.990. The van der Waals surface area contributed by atoms with Crippen LogP contribution in [-0.2, 0) is 6.42 Å². The van der Waals surface area contributed by atoms with Gasteiger partial charge in [-0.25, -0.2) is 0 Å². The van der Waals surface area contributed by atoms with E-state index in [0.29, 0.717) is 10.9 Å². The number of halogens is 1. The van der Waals surface area contributed by atoms with Gasteiger partial charge in [-0.15, -0.1) is 0 Å². The highest BCUT2D eigenvalue weighted by Crippen LogP contribution is 2.26. The zero-order valence-corrected chi connectivity index (χ0v) is 11.8. The van der Waals surface area contributed by atoms with Crippen molar-refractivity contribution in [3.05, 3.63) is 35.0 Å². The van der Waals surface area contributed by atoms with E-state index in [1.54, 1.807) is 0 Å². The summed E-state index contributed by atoms with van der Waals surface area (Å²) >= 11 is 6.08. The Bertz CT molecular complexity index is 504. The smallest absolute Gasteiger partial charge is 0.152 e. The van der Waals surface area contributed by atoms with Crippen LogP contribution in [0.15, 0.2) is 28.7 Å². The fourth-order valence-corrected chi connectivity index (χ4v) is 2.20. The Morgan fingerprint density at radius 3 is 2.89 bits per heavy atom. The van der Waals surface area contributed by atoms with Crippen LogP contribution in [0.4, 0.5) is 0 Å². The number of nitrogens with one attached hydrogen (secondary N) is 1. The van der Waals surface area contributed by atoms with E-state index in [1.165, 1.54) is 0 Å². The third-order valence-corrected chi connectivity index (χ3v) is 3.17. The van der Waals surface area contributed by atoms with Crippen molar-refractivity contribution in [2.45, 2.75) is 26.7 Å². The lowest BCUT2D eigenvalue weighted by Crippen LogP contribution is -2.20. The molecule has 98 valence electrons. The van der Waals surface area contributed by atoms with Gasteiger partial charge in [-0.2, -0.15) is 0 Å². The molecule has 0 saturated heterocycles. The van der Waals surface area contributed by atoms with Crippen molar-refractivity contribution < 1.29 is 4.42 Å². The van der Waals surface area contributed by atoms with E-state index in [1.807, 2.05) is 18.2 Å². The zero-order valence-electron chi connectivity index (χ0n) is 11.0. The topological polar surface area (TPSA) is 25.2 Å². The quantitative estimate of drug-likeness (QED) is 0.790. The zero-order chi connectivity index (χ0) is 13.0. The second kappa shape index (κ2) is 6.26. The van der Waals surface area contributed by atoms with E-state index in [4.69, 9.17) is 16.0 Å². The number of aryl methyl sites for hydroxylation is 1. The lowest BCUT2D eigenvalue weighted by Gasteiger charge is -2.05. The molecule has 18 heavy (non-hydrogen) atoms. The number of rotatable bonds is 6. The fourth-order valence-electron chi connectivity index (χ4n) is 1.98. The lowest BCUT2D eigenvalue weighted by atomic mass is 10.2. The van der Waals surface area contributed by atoms with Gasteiger partial charge >= 0.3 is 0 Å². The van der Waals surface area contributed by atoms with Crippen molar-refractivity contribution in [2.75, 3.05) is 13.1 Å². The first-order valence-electron chi connectivity index (χ1n) is 6.54. The highest BCUT2D eigenvalue weighted by Gasteiger charge is 2.06. The van der Waals surface area contributed by atoms with Crippen molar-refractivity contribution in [3.8, 4) is 0 Å². The number of benzene rings is 1. The van der Waals surface area contributed by atoms with E-state index in [9.17, 15) is 0 Å². The summed E-state index contributed by atoms with van der Waals surface area (Å²) in [6.07, 6.45) is 2.04. The molecule has 0 amide bonds. The SMILES string of the molecule is CC(C)CNCCCc1cc2cccc(Cl)c2o1. The van der Waals surface area contributed by atoms with Gasteiger partial charge in [-0.3, -0.25) is 0 Å². The van der Waals surface area contributed by atoms with Gasteiger partial charge in [0.25, 0.3) is 0 Å². The molecule has 0 fully saturated rings. The van der Waals surface area contributed by atoms with Crippen LogP contribution in [0.1, 0.15) is 26.0 Å². The first-order chi connectivity index (χ1) is 8.66. The Balaban J connectivity index is 1.87. The summed E-state index contributed by atoms with van der Waals surface area (Å²) < 4.78 is 5.77. The minimum absolute atomic E-state index is 0.691. The number of fused-ring (bicyclic) bond motifs is 1. The second-order valence-corrected chi connectivity index (χ2v) is 5.48. The number of para-hydroxylation sites is 1. The maximum atomic E-state index is 6.08. The van der Waals surface area contributed by atoms with Crippen molar-refractivity contribution in [2.24, 2.45) is 5.92 Å². The number of hydrogen-bond acceptors (Lipinski definition) is 2. The summed E-state index contributed by atoms with van der Waals surface area (Å²) in [5.74, 6) is 1.72. The van der Waals surface area contributed by atoms with Gasteiger partial charge in [0.1, 0.15) is 5.76 Å². The highest BCUT2D eigenvalue weighted by atomic mass is 35.5. The summed E-state index contributed by atoms with van der Waals surface area (Å²) in [7, 11) is 0. The summed E-state index contributed by atoms with van der Waals surface area (Å²) in [6.45, 7) is 6.54. The molecule has 0 unspecified atom stereocenters. The predicted octanol–water partition coefficient (Wildman–Crippen LogP) is 4.26. The molecule has 1 aromatic heterocycles. The van der Waals surface area contributed by atoms with Crippen LogP contribution in [0.5, 0.6) is 0 Å². The molecule has 3 heteroatoms. The van der Waals surface area contributed by atoms with E-state index in [-0.39, 0.29) is 0 Å². The standard InChI is InChI=1S/C15H20ClNO/c1-11(2)10-17-8-4-6-13-9-12-5-3-7-14(16)15(12)18-13/h3,5,7,9,11,17H,4,6,8,10H2,1-2H3. The normalized spacial score (nSPS) is 11.6. The van der Waals surface area contributed by atoms with Gasteiger partial charge in [-0.05, 0) is 37.6 Å². The lowest BCUT2D eigenvalue weighted by molar-refractivity contribution is 0.509. The minimum Gasteiger partial charge on any atom is -0.460 e. The number of furan rings is 1. The molecule has 1 N–H and O–H groups in total. The monoisotopic (exact) mass is 265 g/mol. The predicted molar refractivity (Wildman–Crippen MR) is 77.3 cm³/mol. The van der Waals surface area contributed by atoms with Crippen LogP contribution in [0.3, 0.4) is 0 Å². The average Bonchev–Trinajstić information content (AvgIpc) is 2.72. The molecule has 0 atom stereocenters. The Morgan fingerprint density at radius 1 is 1.33 bits per heavy atom. The highest BCUT2D eigenvalue weighted by molar-refractivity contribution is 6.34. The number of hydrogen-bond donors (Lipinski definition) is 1. The maximum absolute atomic E-state index is 6.08. The van der Waals surface area contributed by atoms with Gasteiger partial charge in [0, 0.05) is 11.8 Å². The third kappa shape index (κ3) is 3.50. The maximum Gasteiger partial charge on any atom is 0.152 e. The molecule has 2 rings (SSSR count). The molecule has 0 saturated carbocycles. The Labute approximate surface area is 113 Å². The first-order valence-corrected chi connectivity index (χ1v) is 6.92. The van der Waals surface area contributed by atoms with Crippen LogP contribution < -0.4 is 5.32 Å². The van der Waals surface area contributed by atoms with Gasteiger partial charge in [0.05, 0.1) is 5.02 Å². The molecule has 0 aliphatic heterocycles. The summed E-state index contributed by atoms with van der Waals surface area (Å²) in [6, 6.07) is 7.93. The molecule has 2 nitrogen and oxygen atoms in total. The van der Waals surface area contributed by atoms with Gasteiger partial charge < -0.3 is 9.73 Å². The molecule has 0 bridgehead atoms. The van der Waals surface area contributed by atoms with Crippen LogP contribution in [0, 0.1) is 5.92 Å². The van der Waals surface area contributed by atoms with Crippen LogP contribution in [-0.4, -0.2) is 13.1 Å². The molecule has 1 heterocycles. The van der Waals surface area contributed by atoms with E-state index >= 15 is 0 Å². The Kier molecular flexibility index (Phi) is 4.67. The van der Waals surface area contributed by atoms with E-state index in [2.05, 4.69) is 25.2 Å². The molecular formula is C15H20ClNO. The molecular weight excluding hydrogens is 246 g/mol. The first kappa shape index (κ1) is 13.4. The van der Waals surface area contributed by atoms with Crippen LogP contribution >= 0.6 is 11.6 Å². The van der Waals surface area contributed by atoms with Gasteiger partial charge in [-0.1, -0.05) is 37.6 Å². The van der Waals surface area contributed by atoms with Gasteiger partial charge in [0.15, 0.2) is 5.58 Å². The van der Waals surface area contributed by atoms with Crippen LogP contribution in [0.25, 0.3) is 11.0 Å². The largest absolute Gasteiger partial charge is 0.460 e.